The van der Waals surface area contributed by atoms with Crippen molar-refractivity contribution in [2.45, 2.75) is 30.5 Å². The minimum atomic E-state index is -1.09. The fraction of sp³-hybridized carbons (Fsp3) is 0.222. The van der Waals surface area contributed by atoms with E-state index in [-0.39, 0.29) is 41.4 Å². The topological polar surface area (TPSA) is 117 Å². The zero-order valence-electron chi connectivity index (χ0n) is 18.6. The molecule has 7 nitrogen and oxygen atoms in total. The molecule has 2 amide bonds. The van der Waals surface area contributed by atoms with Crippen LogP contribution < -0.4 is 16.0 Å². The van der Waals surface area contributed by atoms with Gasteiger partial charge in [-0.25, -0.2) is 0 Å². The molecular weight excluding hydrogens is 453 g/mol. The monoisotopic (exact) mass is 481 g/mol. The zero-order valence-corrected chi connectivity index (χ0v) is 18.6. The number of carbonyl (C=O) groups is 3. The molecule has 0 aliphatic carbocycles. The van der Waals surface area contributed by atoms with Crippen molar-refractivity contribution in [2.75, 3.05) is 6.54 Å². The van der Waals surface area contributed by atoms with Crippen LogP contribution in [0.25, 0.3) is 0 Å². The molecule has 0 aromatic heterocycles. The molecule has 0 bridgehead atoms. The number of rotatable bonds is 10. The van der Waals surface area contributed by atoms with Gasteiger partial charge in [0.1, 0.15) is 18.1 Å². The number of hydrogen-bond acceptors (Lipinski definition) is 4. The van der Waals surface area contributed by atoms with E-state index in [0.29, 0.717) is 13.0 Å². The van der Waals surface area contributed by atoms with Gasteiger partial charge in [0.15, 0.2) is 0 Å². The molecule has 3 atom stereocenters. The van der Waals surface area contributed by atoms with Gasteiger partial charge in [0.25, 0.3) is 0 Å². The number of carbonyl (C=O) groups excluding carboxylic acids is 2. The molecule has 4 rings (SSSR count). The molecule has 176 valence electrons. The predicted molar refractivity (Wildman–Crippen MR) is 135 cm³/mol. The second-order valence-corrected chi connectivity index (χ2v) is 8.33. The van der Waals surface area contributed by atoms with Gasteiger partial charge >= 0.3 is 35.5 Å². The third-order valence-electron chi connectivity index (χ3n) is 5.93. The van der Waals surface area contributed by atoms with Crippen LogP contribution in [0.1, 0.15) is 22.6 Å². The molecule has 1 aliphatic rings. The van der Waals surface area contributed by atoms with Gasteiger partial charge in [-0.2, -0.15) is 0 Å². The second-order valence-electron chi connectivity index (χ2n) is 8.33. The average molecular weight is 482 g/mol. The summed E-state index contributed by atoms with van der Waals surface area (Å²) in [6, 6.07) is 26.7. The van der Waals surface area contributed by atoms with Crippen LogP contribution in [0.4, 0.5) is 0 Å². The van der Waals surface area contributed by atoms with E-state index in [9.17, 15) is 14.4 Å². The molecule has 1 heterocycles. The summed E-state index contributed by atoms with van der Waals surface area (Å²) in [6.07, 6.45) is 0.296. The standard InChI is InChI=1S/C27H27N3O4.Na.H/c31-25(28-17-21(19-12-6-2-7-13-19)20-14-8-3-9-15-20)22(16-18-10-4-1-5-11-18)29-26(32)23-24(30-23)27(33)34;;/h1-15,21-24,30H,16-17H2,(H,28,31)(H,29,32)(H,33,34);;/t22-,23-,24-;;/m0../s1. The Hall–Kier alpha value is -2.97. The van der Waals surface area contributed by atoms with Crippen LogP contribution in [-0.4, -0.2) is 77.1 Å². The number of hydrogen-bond donors (Lipinski definition) is 4. The molecule has 35 heavy (non-hydrogen) atoms. The van der Waals surface area contributed by atoms with Crippen molar-refractivity contribution in [3.8, 4) is 0 Å². The van der Waals surface area contributed by atoms with E-state index in [1.807, 2.05) is 91.0 Å². The number of carboxylic acids is 1. The average Bonchev–Trinajstić information content (AvgIpc) is 3.67. The van der Waals surface area contributed by atoms with Crippen LogP contribution >= 0.6 is 0 Å². The molecule has 4 N–H and O–H groups in total. The van der Waals surface area contributed by atoms with Crippen LogP contribution in [0.3, 0.4) is 0 Å². The summed E-state index contributed by atoms with van der Waals surface area (Å²) in [5.74, 6) is -1.95. The van der Waals surface area contributed by atoms with E-state index in [1.54, 1.807) is 0 Å². The molecule has 0 radical (unpaired) electrons. The third kappa shape index (κ3) is 7.26. The number of amides is 2. The van der Waals surface area contributed by atoms with Crippen molar-refractivity contribution >= 4 is 47.3 Å². The first-order valence-corrected chi connectivity index (χ1v) is 11.2. The Morgan fingerprint density at radius 1 is 0.800 bits per heavy atom. The third-order valence-corrected chi connectivity index (χ3v) is 5.93. The quantitative estimate of drug-likeness (QED) is 0.258. The summed E-state index contributed by atoms with van der Waals surface area (Å²) < 4.78 is 0. The number of carboxylic acid groups (broad SMARTS) is 1. The van der Waals surface area contributed by atoms with E-state index in [4.69, 9.17) is 5.11 Å². The molecule has 1 fully saturated rings. The molecule has 0 spiro atoms. The Morgan fingerprint density at radius 3 is 1.80 bits per heavy atom. The summed E-state index contributed by atoms with van der Waals surface area (Å²) in [6.45, 7) is 0.355. The van der Waals surface area contributed by atoms with Gasteiger partial charge in [-0.1, -0.05) is 91.0 Å². The summed E-state index contributed by atoms with van der Waals surface area (Å²) in [7, 11) is 0. The Bertz CT molecular complexity index is 1090. The molecule has 3 aromatic rings. The van der Waals surface area contributed by atoms with E-state index in [1.165, 1.54) is 0 Å². The fourth-order valence-electron chi connectivity index (χ4n) is 4.02. The maximum atomic E-state index is 13.2. The fourth-order valence-corrected chi connectivity index (χ4v) is 4.02. The molecular formula is C27H28N3NaO4. The molecule has 0 saturated carbocycles. The van der Waals surface area contributed by atoms with Gasteiger partial charge in [-0.15, -0.1) is 0 Å². The van der Waals surface area contributed by atoms with Crippen molar-refractivity contribution in [3.05, 3.63) is 108 Å². The summed E-state index contributed by atoms with van der Waals surface area (Å²) >= 11 is 0. The van der Waals surface area contributed by atoms with Gasteiger partial charge in [0.05, 0.1) is 0 Å². The Balaban J connectivity index is 0.00000342. The molecule has 8 heteroatoms. The molecule has 0 unspecified atom stereocenters. The summed E-state index contributed by atoms with van der Waals surface area (Å²) in [5, 5.41) is 17.5. The summed E-state index contributed by atoms with van der Waals surface area (Å²) in [5.41, 5.74) is 3.04. The Labute approximate surface area is 226 Å². The number of nitrogens with one attached hydrogen (secondary N) is 3. The molecule has 1 saturated heterocycles. The van der Waals surface area contributed by atoms with Crippen LogP contribution in [0.5, 0.6) is 0 Å². The van der Waals surface area contributed by atoms with Crippen LogP contribution in [0.2, 0.25) is 0 Å². The molecule has 3 aromatic carbocycles. The predicted octanol–water partition coefficient (Wildman–Crippen LogP) is 1.44. The van der Waals surface area contributed by atoms with Crippen LogP contribution in [-0.2, 0) is 20.8 Å². The Morgan fingerprint density at radius 2 is 1.31 bits per heavy atom. The van der Waals surface area contributed by atoms with Gasteiger partial charge in [-0.3, -0.25) is 19.7 Å². The van der Waals surface area contributed by atoms with E-state index in [2.05, 4.69) is 16.0 Å². The van der Waals surface area contributed by atoms with E-state index >= 15 is 0 Å². The van der Waals surface area contributed by atoms with Crippen LogP contribution in [0, 0.1) is 0 Å². The van der Waals surface area contributed by atoms with Crippen molar-refractivity contribution in [1.29, 1.82) is 0 Å². The van der Waals surface area contributed by atoms with Gasteiger partial charge in [-0.05, 0) is 16.7 Å². The van der Waals surface area contributed by atoms with Crippen molar-refractivity contribution in [2.24, 2.45) is 0 Å². The van der Waals surface area contributed by atoms with Gasteiger partial charge in [0.2, 0.25) is 11.8 Å². The van der Waals surface area contributed by atoms with Crippen molar-refractivity contribution in [1.82, 2.24) is 16.0 Å². The van der Waals surface area contributed by atoms with Crippen molar-refractivity contribution in [3.63, 3.8) is 0 Å². The van der Waals surface area contributed by atoms with E-state index in [0.717, 1.165) is 16.7 Å². The van der Waals surface area contributed by atoms with Gasteiger partial charge < -0.3 is 15.7 Å². The Kier molecular flexibility index (Phi) is 9.63. The first kappa shape index (κ1) is 26.6. The number of benzene rings is 3. The normalized spacial score (nSPS) is 17.1. The number of aliphatic carboxylic acids is 1. The van der Waals surface area contributed by atoms with Crippen LogP contribution in [0.15, 0.2) is 91.0 Å². The summed E-state index contributed by atoms with van der Waals surface area (Å²) in [4.78, 5) is 36.9. The second kappa shape index (κ2) is 12.7. The molecule has 1 aliphatic heterocycles. The minimum absolute atomic E-state index is 0. The maximum absolute atomic E-state index is 13.2. The zero-order chi connectivity index (χ0) is 23.9. The first-order valence-electron chi connectivity index (χ1n) is 11.2. The van der Waals surface area contributed by atoms with Gasteiger partial charge in [0, 0.05) is 18.9 Å². The van der Waals surface area contributed by atoms with E-state index < -0.39 is 30.0 Å². The SMILES string of the molecule is O=C(NCC(c1ccccc1)c1ccccc1)[C@H](Cc1ccccc1)NC(=O)[C@H]1N[C@@H]1C(=O)O.[NaH]. The first-order chi connectivity index (χ1) is 16.5. The van der Waals surface area contributed by atoms with Crippen molar-refractivity contribution < 1.29 is 19.5 Å².